The van der Waals surface area contributed by atoms with Crippen LogP contribution in [0.3, 0.4) is 0 Å². The smallest absolute Gasteiger partial charge is 0.237 e. The van der Waals surface area contributed by atoms with E-state index >= 15 is 0 Å². The van der Waals surface area contributed by atoms with Crippen molar-refractivity contribution in [3.63, 3.8) is 0 Å². The molecule has 2 aromatic heterocycles. The minimum Gasteiger partial charge on any atom is -0.456 e. The van der Waals surface area contributed by atoms with Crippen molar-refractivity contribution >= 4 is 5.78 Å². The van der Waals surface area contributed by atoms with E-state index in [4.69, 9.17) is 9.47 Å². The van der Waals surface area contributed by atoms with E-state index < -0.39 is 11.6 Å². The number of hydrogen-bond donors (Lipinski definition) is 0. The van der Waals surface area contributed by atoms with Crippen molar-refractivity contribution in [1.82, 2.24) is 9.55 Å². The van der Waals surface area contributed by atoms with Gasteiger partial charge in [0, 0.05) is 23.9 Å². The molecular weight excluding hydrogens is 328 g/mol. The number of ether oxygens (including phenoxy) is 2. The summed E-state index contributed by atoms with van der Waals surface area (Å²) in [6.07, 6.45) is 4.43. The summed E-state index contributed by atoms with van der Waals surface area (Å²) in [5, 5.41) is 0. The van der Waals surface area contributed by atoms with Crippen LogP contribution in [0.15, 0.2) is 73.2 Å². The summed E-state index contributed by atoms with van der Waals surface area (Å²) >= 11 is 0. The predicted molar refractivity (Wildman–Crippen MR) is 99.3 cm³/mol. The first-order valence-electron chi connectivity index (χ1n) is 8.46. The molecular formula is C21H22N2O3. The quantitative estimate of drug-likeness (QED) is 0.636. The van der Waals surface area contributed by atoms with Crippen LogP contribution in [-0.4, -0.2) is 15.3 Å². The lowest BCUT2D eigenvalue weighted by Crippen LogP contribution is -2.33. The molecule has 2 heterocycles. The first-order valence-corrected chi connectivity index (χ1v) is 8.46. The van der Waals surface area contributed by atoms with Crippen molar-refractivity contribution < 1.29 is 14.3 Å². The van der Waals surface area contributed by atoms with Gasteiger partial charge in [-0.05, 0) is 30.3 Å². The fraction of sp³-hybridized carbons (Fsp3) is 0.238. The van der Waals surface area contributed by atoms with Crippen molar-refractivity contribution in [3.05, 3.63) is 73.2 Å². The Morgan fingerprint density at radius 1 is 0.962 bits per heavy atom. The van der Waals surface area contributed by atoms with Crippen LogP contribution in [0, 0.1) is 5.41 Å². The van der Waals surface area contributed by atoms with Crippen molar-refractivity contribution in [2.45, 2.75) is 27.0 Å². The molecule has 5 nitrogen and oxygen atoms in total. The Hall–Kier alpha value is -3.08. The predicted octanol–water partition coefficient (Wildman–Crippen LogP) is 4.87. The lowest BCUT2D eigenvalue weighted by molar-refractivity contribution is -0.137. The van der Waals surface area contributed by atoms with Crippen LogP contribution in [0.25, 0.3) is 0 Å². The van der Waals surface area contributed by atoms with Gasteiger partial charge in [-0.15, -0.1) is 0 Å². The molecule has 0 amide bonds. The maximum atomic E-state index is 12.8. The highest BCUT2D eigenvalue weighted by atomic mass is 16.5. The first-order chi connectivity index (χ1) is 12.4. The van der Waals surface area contributed by atoms with Crippen LogP contribution in [-0.2, 0) is 4.79 Å². The number of Topliss-reactive ketones (excluding diaryl/α,β-unsaturated/α-hetero) is 1. The summed E-state index contributed by atoms with van der Waals surface area (Å²) in [6.45, 7) is 5.62. The fourth-order valence-corrected chi connectivity index (χ4v) is 2.36. The summed E-state index contributed by atoms with van der Waals surface area (Å²) in [7, 11) is 0. The van der Waals surface area contributed by atoms with Gasteiger partial charge in [0.15, 0.2) is 5.78 Å². The molecule has 3 aromatic rings. The van der Waals surface area contributed by atoms with Gasteiger partial charge in [-0.1, -0.05) is 39.0 Å². The van der Waals surface area contributed by atoms with Crippen molar-refractivity contribution in [1.29, 1.82) is 0 Å². The molecule has 0 bridgehead atoms. The van der Waals surface area contributed by atoms with Gasteiger partial charge in [0.1, 0.15) is 11.5 Å². The molecule has 0 saturated carbocycles. The summed E-state index contributed by atoms with van der Waals surface area (Å²) in [4.78, 5) is 17.1. The molecule has 1 atom stereocenters. The van der Waals surface area contributed by atoms with Crippen LogP contribution in [0.5, 0.6) is 17.4 Å². The number of benzene rings is 1. The maximum absolute atomic E-state index is 12.8. The highest BCUT2D eigenvalue weighted by Crippen LogP contribution is 2.27. The van der Waals surface area contributed by atoms with Crippen molar-refractivity contribution in [2.24, 2.45) is 5.41 Å². The molecule has 134 valence electrons. The summed E-state index contributed by atoms with van der Waals surface area (Å²) in [6, 6.07) is 16.7. The van der Waals surface area contributed by atoms with Gasteiger partial charge >= 0.3 is 0 Å². The Kier molecular flexibility index (Phi) is 5.07. The summed E-state index contributed by atoms with van der Waals surface area (Å²) in [5.74, 6) is 1.67. The zero-order valence-electron chi connectivity index (χ0n) is 15.1. The molecule has 0 N–H and O–H groups in total. The number of nitrogens with zero attached hydrogens (tertiary/aromatic N) is 2. The number of carbonyl (C=O) groups is 1. The number of hydrogen-bond acceptors (Lipinski definition) is 4. The molecule has 0 aliphatic heterocycles. The SMILES string of the molecule is CC(C)(C)C(=O)C(Oc1ccc(Oc2ccccc2)cn1)n1cccc1. The number of pyridine rings is 1. The third-order valence-corrected chi connectivity index (χ3v) is 3.78. The zero-order chi connectivity index (χ0) is 18.6. The monoisotopic (exact) mass is 350 g/mol. The molecule has 0 fully saturated rings. The minimum atomic E-state index is -0.765. The second-order valence-electron chi connectivity index (χ2n) is 6.96. The minimum absolute atomic E-state index is 0.0277. The molecule has 0 aliphatic carbocycles. The Morgan fingerprint density at radius 3 is 2.23 bits per heavy atom. The zero-order valence-corrected chi connectivity index (χ0v) is 15.1. The molecule has 26 heavy (non-hydrogen) atoms. The Balaban J connectivity index is 1.76. The van der Waals surface area contributed by atoms with Crippen LogP contribution in [0.1, 0.15) is 27.0 Å². The Labute approximate surface area is 153 Å². The molecule has 1 aromatic carbocycles. The van der Waals surface area contributed by atoms with E-state index in [2.05, 4.69) is 4.98 Å². The Morgan fingerprint density at radius 2 is 1.65 bits per heavy atom. The topological polar surface area (TPSA) is 53.4 Å². The third-order valence-electron chi connectivity index (χ3n) is 3.78. The number of ketones is 1. The van der Waals surface area contributed by atoms with Gasteiger partial charge in [-0.2, -0.15) is 0 Å². The third kappa shape index (κ3) is 4.30. The number of aromatic nitrogens is 2. The van der Waals surface area contributed by atoms with Gasteiger partial charge in [0.25, 0.3) is 0 Å². The van der Waals surface area contributed by atoms with E-state index in [-0.39, 0.29) is 5.78 Å². The number of rotatable bonds is 6. The van der Waals surface area contributed by atoms with Crippen LogP contribution >= 0.6 is 0 Å². The van der Waals surface area contributed by atoms with Gasteiger partial charge < -0.3 is 14.0 Å². The van der Waals surface area contributed by atoms with Crippen LogP contribution < -0.4 is 9.47 Å². The average molecular weight is 350 g/mol. The van der Waals surface area contributed by atoms with Crippen molar-refractivity contribution in [2.75, 3.05) is 0 Å². The van der Waals surface area contributed by atoms with Crippen LogP contribution in [0.2, 0.25) is 0 Å². The van der Waals surface area contributed by atoms with E-state index in [0.29, 0.717) is 11.6 Å². The molecule has 5 heteroatoms. The van der Waals surface area contributed by atoms with E-state index in [1.807, 2.05) is 63.2 Å². The molecule has 0 radical (unpaired) electrons. The van der Waals surface area contributed by atoms with Crippen LogP contribution in [0.4, 0.5) is 0 Å². The fourth-order valence-electron chi connectivity index (χ4n) is 2.36. The van der Waals surface area contributed by atoms with E-state index in [1.54, 1.807) is 35.3 Å². The standard InChI is InChI=1S/C21H22N2O3/c1-21(2,3)19(24)20(23-13-7-8-14-23)26-18-12-11-17(15-22-18)25-16-9-5-4-6-10-16/h4-15,20H,1-3H3. The van der Waals surface area contributed by atoms with Gasteiger partial charge in [0.05, 0.1) is 6.20 Å². The summed E-state index contributed by atoms with van der Waals surface area (Å²) in [5.41, 5.74) is -0.536. The first kappa shape index (κ1) is 17.7. The van der Waals surface area contributed by atoms with E-state index in [1.165, 1.54) is 0 Å². The van der Waals surface area contributed by atoms with Gasteiger partial charge in [-0.3, -0.25) is 4.79 Å². The van der Waals surface area contributed by atoms with E-state index in [9.17, 15) is 4.79 Å². The van der Waals surface area contributed by atoms with Crippen molar-refractivity contribution in [3.8, 4) is 17.4 Å². The number of para-hydroxylation sites is 1. The lowest BCUT2D eigenvalue weighted by atomic mass is 9.89. The van der Waals surface area contributed by atoms with Gasteiger partial charge in [-0.25, -0.2) is 4.98 Å². The summed E-state index contributed by atoms with van der Waals surface area (Å²) < 4.78 is 13.4. The maximum Gasteiger partial charge on any atom is 0.237 e. The van der Waals surface area contributed by atoms with Gasteiger partial charge in [0.2, 0.25) is 12.1 Å². The molecule has 1 unspecified atom stereocenters. The largest absolute Gasteiger partial charge is 0.456 e. The molecule has 0 aliphatic rings. The lowest BCUT2D eigenvalue weighted by Gasteiger charge is -2.26. The normalized spacial score (nSPS) is 12.4. The highest BCUT2D eigenvalue weighted by Gasteiger charge is 2.32. The molecule has 3 rings (SSSR count). The molecule has 0 spiro atoms. The second kappa shape index (κ2) is 7.44. The highest BCUT2D eigenvalue weighted by molar-refractivity contribution is 5.86. The number of carbonyl (C=O) groups excluding carboxylic acids is 1. The Bertz CT molecular complexity index is 835. The molecule has 0 saturated heterocycles. The van der Waals surface area contributed by atoms with E-state index in [0.717, 1.165) is 5.75 Å². The average Bonchev–Trinajstić information content (AvgIpc) is 3.15. The second-order valence-corrected chi connectivity index (χ2v) is 6.96.